The minimum atomic E-state index is -0.935. The van der Waals surface area contributed by atoms with Crippen LogP contribution in [-0.2, 0) is 14.3 Å². The Bertz CT molecular complexity index is 306. The number of rotatable bonds is 7. The Morgan fingerprint density at radius 3 is 2.44 bits per heavy atom. The first-order valence-corrected chi connectivity index (χ1v) is 5.70. The summed E-state index contributed by atoms with van der Waals surface area (Å²) >= 11 is 0. The quantitative estimate of drug-likeness (QED) is 0.642. The van der Waals surface area contributed by atoms with Gasteiger partial charge in [0.2, 0.25) is 0 Å². The number of carbonyl (C=O) groups excluding carboxylic acids is 2. The van der Waals surface area contributed by atoms with Gasteiger partial charge in [-0.05, 0) is 6.42 Å². The van der Waals surface area contributed by atoms with E-state index < -0.39 is 23.9 Å². The number of carbonyl (C=O) groups is 3. The molecule has 2 N–H and O–H groups in total. The maximum Gasteiger partial charge on any atom is 0.317 e. The molecule has 0 bridgehead atoms. The van der Waals surface area contributed by atoms with Gasteiger partial charge in [-0.2, -0.15) is 0 Å². The molecule has 0 aliphatic carbocycles. The molecule has 0 aromatic rings. The van der Waals surface area contributed by atoms with E-state index in [2.05, 4.69) is 10.1 Å². The molecule has 0 aliphatic heterocycles. The van der Waals surface area contributed by atoms with Crippen LogP contribution in [0.2, 0.25) is 0 Å². The lowest BCUT2D eigenvalue weighted by atomic mass is 10.1. The zero-order chi connectivity index (χ0) is 14.1. The van der Waals surface area contributed by atoms with E-state index in [1.807, 2.05) is 0 Å². The lowest BCUT2D eigenvalue weighted by molar-refractivity contribution is -0.142. The lowest BCUT2D eigenvalue weighted by Gasteiger charge is -2.18. The number of nitrogens with zero attached hydrogens (tertiary/aromatic N) is 1. The predicted molar refractivity (Wildman–Crippen MR) is 64.1 cm³/mol. The third-order valence-corrected chi connectivity index (χ3v) is 2.57. The van der Waals surface area contributed by atoms with Gasteiger partial charge in [0, 0.05) is 20.1 Å². The Morgan fingerprint density at radius 2 is 2.00 bits per heavy atom. The molecule has 0 spiro atoms. The Hall–Kier alpha value is -1.79. The Kier molecular flexibility index (Phi) is 7.50. The molecule has 2 amide bonds. The molecule has 0 fully saturated rings. The standard InChI is InChI=1S/C11H20N2O5/c1-4-8(10(15)16)7-12-11(17)13(2)6-5-9(14)18-3/h8H,4-7H2,1-3H3,(H,12,17)(H,15,16). The van der Waals surface area contributed by atoms with Crippen LogP contribution < -0.4 is 5.32 Å². The van der Waals surface area contributed by atoms with Gasteiger partial charge in [-0.25, -0.2) is 4.79 Å². The number of hydrogen-bond donors (Lipinski definition) is 2. The van der Waals surface area contributed by atoms with E-state index >= 15 is 0 Å². The first-order valence-electron chi connectivity index (χ1n) is 5.70. The van der Waals surface area contributed by atoms with E-state index in [4.69, 9.17) is 5.11 Å². The molecule has 0 rings (SSSR count). The molecule has 0 aromatic carbocycles. The summed E-state index contributed by atoms with van der Waals surface area (Å²) in [6.45, 7) is 2.04. The van der Waals surface area contributed by atoms with Crippen LogP contribution in [0.5, 0.6) is 0 Å². The minimum absolute atomic E-state index is 0.0766. The number of methoxy groups -OCH3 is 1. The second-order valence-electron chi connectivity index (χ2n) is 3.88. The molecule has 0 radical (unpaired) electrons. The highest BCUT2D eigenvalue weighted by atomic mass is 16.5. The molecule has 0 aliphatic rings. The fraction of sp³-hybridized carbons (Fsp3) is 0.727. The number of carboxylic acids is 1. The largest absolute Gasteiger partial charge is 0.481 e. The van der Waals surface area contributed by atoms with Crippen molar-refractivity contribution in [3.63, 3.8) is 0 Å². The first kappa shape index (κ1) is 16.2. The summed E-state index contributed by atoms with van der Waals surface area (Å²) in [6, 6.07) is -0.404. The normalized spacial score (nSPS) is 11.5. The van der Waals surface area contributed by atoms with E-state index in [-0.39, 0.29) is 19.5 Å². The van der Waals surface area contributed by atoms with E-state index in [1.165, 1.54) is 19.1 Å². The van der Waals surface area contributed by atoms with Crippen molar-refractivity contribution in [2.24, 2.45) is 5.92 Å². The van der Waals surface area contributed by atoms with Crippen LogP contribution in [0.25, 0.3) is 0 Å². The maximum atomic E-state index is 11.6. The van der Waals surface area contributed by atoms with Crippen molar-refractivity contribution >= 4 is 18.0 Å². The molecule has 0 saturated heterocycles. The Balaban J connectivity index is 4.01. The summed E-state index contributed by atoms with van der Waals surface area (Å²) in [5.74, 6) is -1.93. The summed E-state index contributed by atoms with van der Waals surface area (Å²) in [7, 11) is 2.81. The van der Waals surface area contributed by atoms with Gasteiger partial charge in [0.1, 0.15) is 0 Å². The van der Waals surface area contributed by atoms with E-state index in [9.17, 15) is 14.4 Å². The summed E-state index contributed by atoms with van der Waals surface area (Å²) in [4.78, 5) is 34.5. The number of urea groups is 1. The van der Waals surface area contributed by atoms with Crippen molar-refractivity contribution < 1.29 is 24.2 Å². The summed E-state index contributed by atoms with van der Waals surface area (Å²) < 4.78 is 4.45. The molecule has 7 heteroatoms. The van der Waals surface area contributed by atoms with Crippen molar-refractivity contribution in [1.82, 2.24) is 10.2 Å². The number of hydrogen-bond acceptors (Lipinski definition) is 4. The summed E-state index contributed by atoms with van der Waals surface area (Å²) in [6.07, 6.45) is 0.554. The van der Waals surface area contributed by atoms with Crippen LogP contribution in [0.1, 0.15) is 19.8 Å². The predicted octanol–water partition coefficient (Wildman–Crippen LogP) is 0.302. The number of ether oxygens (including phenoxy) is 1. The molecular weight excluding hydrogens is 240 g/mol. The van der Waals surface area contributed by atoms with Crippen molar-refractivity contribution in [2.45, 2.75) is 19.8 Å². The smallest absolute Gasteiger partial charge is 0.317 e. The van der Waals surface area contributed by atoms with Gasteiger partial charge in [-0.15, -0.1) is 0 Å². The minimum Gasteiger partial charge on any atom is -0.481 e. The van der Waals surface area contributed by atoms with Gasteiger partial charge in [0.05, 0.1) is 19.4 Å². The van der Waals surface area contributed by atoms with Crippen LogP contribution in [0.4, 0.5) is 4.79 Å². The van der Waals surface area contributed by atoms with E-state index in [0.29, 0.717) is 6.42 Å². The second kappa shape index (κ2) is 8.32. The fourth-order valence-electron chi connectivity index (χ4n) is 1.21. The van der Waals surface area contributed by atoms with Crippen molar-refractivity contribution in [3.05, 3.63) is 0 Å². The summed E-state index contributed by atoms with van der Waals surface area (Å²) in [5, 5.41) is 11.3. The lowest BCUT2D eigenvalue weighted by Crippen LogP contribution is -2.41. The molecule has 7 nitrogen and oxygen atoms in total. The fourth-order valence-corrected chi connectivity index (χ4v) is 1.21. The maximum absolute atomic E-state index is 11.6. The molecular formula is C11H20N2O5. The van der Waals surface area contributed by atoms with Gasteiger partial charge in [-0.1, -0.05) is 6.92 Å². The van der Waals surface area contributed by atoms with Crippen LogP contribution in [0.15, 0.2) is 0 Å². The highest BCUT2D eigenvalue weighted by Crippen LogP contribution is 2.01. The second-order valence-corrected chi connectivity index (χ2v) is 3.88. The zero-order valence-corrected chi connectivity index (χ0v) is 10.9. The molecule has 1 unspecified atom stereocenters. The molecule has 0 heterocycles. The molecule has 0 aromatic heterocycles. The number of carboxylic acid groups (broad SMARTS) is 1. The van der Waals surface area contributed by atoms with Gasteiger partial charge < -0.3 is 20.1 Å². The zero-order valence-electron chi connectivity index (χ0n) is 10.9. The SMILES string of the molecule is CCC(CNC(=O)N(C)CCC(=O)OC)C(=O)O. The number of amides is 2. The van der Waals surface area contributed by atoms with Crippen LogP contribution >= 0.6 is 0 Å². The molecule has 0 saturated carbocycles. The highest BCUT2D eigenvalue weighted by molar-refractivity contribution is 5.76. The highest BCUT2D eigenvalue weighted by Gasteiger charge is 2.17. The number of esters is 1. The van der Waals surface area contributed by atoms with Crippen LogP contribution in [0, 0.1) is 5.92 Å². The third-order valence-electron chi connectivity index (χ3n) is 2.57. The molecule has 18 heavy (non-hydrogen) atoms. The molecule has 1 atom stereocenters. The summed E-state index contributed by atoms with van der Waals surface area (Å²) in [5.41, 5.74) is 0. The average Bonchev–Trinajstić information content (AvgIpc) is 2.35. The van der Waals surface area contributed by atoms with Crippen LogP contribution in [0.3, 0.4) is 0 Å². The topological polar surface area (TPSA) is 95.9 Å². The Labute approximate surface area is 106 Å². The Morgan fingerprint density at radius 1 is 1.39 bits per heavy atom. The van der Waals surface area contributed by atoms with Crippen LogP contribution in [-0.4, -0.2) is 55.2 Å². The monoisotopic (exact) mass is 260 g/mol. The van der Waals surface area contributed by atoms with Gasteiger partial charge in [-0.3, -0.25) is 9.59 Å². The number of aliphatic carboxylic acids is 1. The van der Waals surface area contributed by atoms with Crippen molar-refractivity contribution in [1.29, 1.82) is 0 Å². The number of nitrogens with one attached hydrogen (secondary N) is 1. The van der Waals surface area contributed by atoms with Crippen molar-refractivity contribution in [3.8, 4) is 0 Å². The van der Waals surface area contributed by atoms with E-state index in [1.54, 1.807) is 6.92 Å². The van der Waals surface area contributed by atoms with Gasteiger partial charge in [0.25, 0.3) is 0 Å². The third kappa shape index (κ3) is 6.07. The average molecular weight is 260 g/mol. The van der Waals surface area contributed by atoms with Crippen molar-refractivity contribution in [2.75, 3.05) is 27.2 Å². The van der Waals surface area contributed by atoms with Gasteiger partial charge >= 0.3 is 18.0 Å². The first-order chi connectivity index (χ1) is 8.42. The van der Waals surface area contributed by atoms with E-state index in [0.717, 1.165) is 0 Å². The molecule has 104 valence electrons. The van der Waals surface area contributed by atoms with Gasteiger partial charge in [0.15, 0.2) is 0 Å².